The summed E-state index contributed by atoms with van der Waals surface area (Å²) >= 11 is 0. The summed E-state index contributed by atoms with van der Waals surface area (Å²) in [7, 11) is 0. The number of hydrogen-bond donors (Lipinski definition) is 0. The van der Waals surface area contributed by atoms with Gasteiger partial charge >= 0.3 is 0 Å². The van der Waals surface area contributed by atoms with Crippen LogP contribution in [0.2, 0.25) is 0 Å². The molecule has 0 saturated heterocycles. The van der Waals surface area contributed by atoms with Crippen LogP contribution < -0.4 is 4.90 Å². The van der Waals surface area contributed by atoms with Crippen LogP contribution in [0.5, 0.6) is 0 Å². The number of anilines is 1. The van der Waals surface area contributed by atoms with Crippen LogP contribution in [0.1, 0.15) is 71.9 Å². The summed E-state index contributed by atoms with van der Waals surface area (Å²) < 4.78 is 0. The van der Waals surface area contributed by atoms with Gasteiger partial charge in [-0.1, -0.05) is 13.0 Å². The summed E-state index contributed by atoms with van der Waals surface area (Å²) in [4.78, 5) is 38.5. The van der Waals surface area contributed by atoms with Crippen molar-refractivity contribution in [2.24, 2.45) is 0 Å². The number of ketones is 2. The van der Waals surface area contributed by atoms with Crippen LogP contribution in [0.4, 0.5) is 5.69 Å². The van der Waals surface area contributed by atoms with E-state index in [9.17, 15) is 14.4 Å². The van der Waals surface area contributed by atoms with E-state index in [2.05, 4.69) is 6.92 Å². The van der Waals surface area contributed by atoms with Gasteiger partial charge in [0.25, 0.3) is 11.7 Å². The Hall–Kier alpha value is -1.97. The van der Waals surface area contributed by atoms with Gasteiger partial charge in [-0.05, 0) is 51.2 Å². The Bertz CT molecular complexity index is 715. The maximum atomic E-state index is 12.5. The minimum Gasteiger partial charge on any atom is -0.299 e. The molecule has 4 heteroatoms. The molecule has 4 nitrogen and oxygen atoms in total. The number of Topliss-reactive ketones (excluding diaryl/α,β-unsaturated/α-hetero) is 2. The number of benzene rings is 1. The quantitative estimate of drug-likeness (QED) is 0.588. The largest absolute Gasteiger partial charge is 0.300 e. The molecule has 1 amide bonds. The molecule has 0 spiro atoms. The molecule has 0 bridgehead atoms. The van der Waals surface area contributed by atoms with Crippen molar-refractivity contribution in [3.63, 3.8) is 0 Å². The first kappa shape index (κ1) is 14.0. The second-order valence-electron chi connectivity index (χ2n) is 6.82. The highest BCUT2D eigenvalue weighted by Gasteiger charge is 2.50. The highest BCUT2D eigenvalue weighted by Crippen LogP contribution is 2.50. The highest BCUT2D eigenvalue weighted by atomic mass is 16.2. The zero-order valence-corrected chi connectivity index (χ0v) is 13.0. The third-order valence-corrected chi connectivity index (χ3v) is 4.67. The molecule has 2 aliphatic heterocycles. The monoisotopic (exact) mass is 285 g/mol. The molecule has 0 radical (unpaired) electrons. The fourth-order valence-electron chi connectivity index (χ4n) is 3.96. The van der Waals surface area contributed by atoms with Crippen LogP contribution in [0.3, 0.4) is 0 Å². The number of carbonyl (C=O) groups excluding carboxylic acids is 3. The van der Waals surface area contributed by atoms with Crippen molar-refractivity contribution in [3.8, 4) is 0 Å². The van der Waals surface area contributed by atoms with Gasteiger partial charge in [0.05, 0.1) is 11.3 Å². The Morgan fingerprint density at radius 1 is 1.33 bits per heavy atom. The first-order valence-electron chi connectivity index (χ1n) is 7.24. The molecule has 2 heterocycles. The van der Waals surface area contributed by atoms with E-state index in [1.165, 1.54) is 6.92 Å². The Balaban J connectivity index is 2.45. The van der Waals surface area contributed by atoms with E-state index in [0.29, 0.717) is 16.8 Å². The topological polar surface area (TPSA) is 54.5 Å². The average molecular weight is 285 g/mol. The predicted octanol–water partition coefficient (Wildman–Crippen LogP) is 3.01. The fraction of sp³-hybridized carbons (Fsp3) is 0.471. The summed E-state index contributed by atoms with van der Waals surface area (Å²) in [6.07, 6.45) is 0.803. The first-order chi connectivity index (χ1) is 9.66. The second-order valence-corrected chi connectivity index (χ2v) is 6.82. The molecule has 0 saturated carbocycles. The highest BCUT2D eigenvalue weighted by molar-refractivity contribution is 6.54. The van der Waals surface area contributed by atoms with Crippen molar-refractivity contribution in [3.05, 3.63) is 28.3 Å². The van der Waals surface area contributed by atoms with Gasteiger partial charge in [-0.3, -0.25) is 19.3 Å². The smallest absolute Gasteiger partial charge is 0.299 e. The van der Waals surface area contributed by atoms with Crippen LogP contribution in [-0.2, 0) is 4.79 Å². The lowest BCUT2D eigenvalue weighted by molar-refractivity contribution is -0.115. The van der Waals surface area contributed by atoms with Crippen LogP contribution in [-0.4, -0.2) is 23.0 Å². The van der Waals surface area contributed by atoms with Gasteiger partial charge in [-0.2, -0.15) is 0 Å². The molecule has 110 valence electrons. The molecule has 21 heavy (non-hydrogen) atoms. The number of carbonyl (C=O) groups is 3. The van der Waals surface area contributed by atoms with Gasteiger partial charge in [-0.25, -0.2) is 0 Å². The zero-order chi connectivity index (χ0) is 15.7. The van der Waals surface area contributed by atoms with Crippen LogP contribution in [0.25, 0.3) is 0 Å². The number of rotatable bonds is 1. The summed E-state index contributed by atoms with van der Waals surface area (Å²) in [6, 6.07) is 1.97. The van der Waals surface area contributed by atoms with Gasteiger partial charge < -0.3 is 0 Å². The van der Waals surface area contributed by atoms with Crippen LogP contribution in [0.15, 0.2) is 6.07 Å². The molecule has 0 fully saturated rings. The summed E-state index contributed by atoms with van der Waals surface area (Å²) in [5.41, 5.74) is 2.77. The van der Waals surface area contributed by atoms with Crippen molar-refractivity contribution in [1.82, 2.24) is 0 Å². The minimum absolute atomic E-state index is 0.163. The molecule has 0 aromatic heterocycles. The van der Waals surface area contributed by atoms with Gasteiger partial charge in [0.2, 0.25) is 0 Å². The molecular weight excluding hydrogens is 266 g/mol. The third-order valence-electron chi connectivity index (χ3n) is 4.67. The Kier molecular flexibility index (Phi) is 2.68. The SMILES string of the molecule is CC(=O)c1c(C)cc2c3c1C(=O)C(=O)N3C(C)(C)C[C@@H]2C. The molecule has 0 aliphatic carbocycles. The van der Waals surface area contributed by atoms with E-state index in [1.54, 1.807) is 4.90 Å². The first-order valence-corrected chi connectivity index (χ1v) is 7.24. The predicted molar refractivity (Wildman–Crippen MR) is 80.1 cm³/mol. The van der Waals surface area contributed by atoms with E-state index in [1.807, 2.05) is 26.8 Å². The molecule has 1 atom stereocenters. The number of aryl methyl sites for hydroxylation is 1. The van der Waals surface area contributed by atoms with Crippen LogP contribution >= 0.6 is 0 Å². The van der Waals surface area contributed by atoms with Crippen molar-refractivity contribution in [1.29, 1.82) is 0 Å². The molecule has 0 unspecified atom stereocenters. The lowest BCUT2D eigenvalue weighted by atomic mass is 9.78. The van der Waals surface area contributed by atoms with Gasteiger partial charge in [0, 0.05) is 11.1 Å². The molecule has 3 rings (SSSR count). The van der Waals surface area contributed by atoms with Gasteiger partial charge in [-0.15, -0.1) is 0 Å². The Morgan fingerprint density at radius 2 is 1.95 bits per heavy atom. The van der Waals surface area contributed by atoms with E-state index in [-0.39, 0.29) is 11.7 Å². The van der Waals surface area contributed by atoms with E-state index in [0.717, 1.165) is 17.5 Å². The van der Waals surface area contributed by atoms with Crippen molar-refractivity contribution in [2.45, 2.75) is 52.5 Å². The second kappa shape index (κ2) is 4.03. The molecule has 1 aromatic carbocycles. The summed E-state index contributed by atoms with van der Waals surface area (Å²) in [6.45, 7) is 9.33. The third kappa shape index (κ3) is 1.65. The maximum absolute atomic E-state index is 12.5. The molecule has 1 aromatic rings. The molecule has 2 aliphatic rings. The van der Waals surface area contributed by atoms with E-state index < -0.39 is 17.2 Å². The molecular formula is C17H19NO3. The Morgan fingerprint density at radius 3 is 2.52 bits per heavy atom. The van der Waals surface area contributed by atoms with Gasteiger partial charge in [0.15, 0.2) is 5.78 Å². The summed E-state index contributed by atoms with van der Waals surface area (Å²) in [5.74, 6) is -0.952. The minimum atomic E-state index is -0.540. The van der Waals surface area contributed by atoms with E-state index >= 15 is 0 Å². The van der Waals surface area contributed by atoms with Crippen molar-refractivity contribution in [2.75, 3.05) is 4.90 Å². The van der Waals surface area contributed by atoms with Gasteiger partial charge in [0.1, 0.15) is 0 Å². The lowest BCUT2D eigenvalue weighted by Crippen LogP contribution is -2.50. The fourth-order valence-corrected chi connectivity index (χ4v) is 3.96. The number of hydrogen-bond acceptors (Lipinski definition) is 3. The van der Waals surface area contributed by atoms with Crippen molar-refractivity contribution < 1.29 is 14.4 Å². The summed E-state index contributed by atoms with van der Waals surface area (Å²) in [5, 5.41) is 0. The maximum Gasteiger partial charge on any atom is 0.300 e. The van der Waals surface area contributed by atoms with E-state index in [4.69, 9.17) is 0 Å². The number of nitrogens with zero attached hydrogens (tertiary/aromatic N) is 1. The molecule has 0 N–H and O–H groups in total. The van der Waals surface area contributed by atoms with Crippen molar-refractivity contribution >= 4 is 23.2 Å². The average Bonchev–Trinajstić information content (AvgIpc) is 2.60. The normalized spacial score (nSPS) is 22.5. The Labute approximate surface area is 124 Å². The zero-order valence-electron chi connectivity index (χ0n) is 13.0. The standard InChI is InChI=1S/C17H19NO3/c1-8-6-11-9(2)7-17(4,5)18-14(11)13(12(8)10(3)19)15(20)16(18)21/h6,9H,7H2,1-5H3/t9-/m0/s1. The number of amides is 1. The van der Waals surface area contributed by atoms with Crippen LogP contribution in [0, 0.1) is 6.92 Å². The lowest BCUT2D eigenvalue weighted by Gasteiger charge is -2.43.